The van der Waals surface area contributed by atoms with Crippen LogP contribution < -0.4 is 11.1 Å². The molecule has 1 heterocycles. The molecule has 0 atom stereocenters. The second-order valence-electron chi connectivity index (χ2n) is 3.26. The molecule has 1 rings (SSSR count). The minimum absolute atomic E-state index is 0.0448. The van der Waals surface area contributed by atoms with Gasteiger partial charge in [0.2, 0.25) is 0 Å². The third kappa shape index (κ3) is 4.94. The van der Waals surface area contributed by atoms with Gasteiger partial charge in [0.15, 0.2) is 5.82 Å². The van der Waals surface area contributed by atoms with Crippen LogP contribution in [0.25, 0.3) is 0 Å². The SMILES string of the molecule is NC(=S)c1nccnc1NCCCC(F)(F)F. The highest BCUT2D eigenvalue weighted by Crippen LogP contribution is 2.21. The molecule has 17 heavy (non-hydrogen) atoms. The fourth-order valence-corrected chi connectivity index (χ4v) is 1.29. The van der Waals surface area contributed by atoms with Crippen molar-refractivity contribution in [3.63, 3.8) is 0 Å². The van der Waals surface area contributed by atoms with Gasteiger partial charge in [0.25, 0.3) is 0 Å². The van der Waals surface area contributed by atoms with Gasteiger partial charge in [-0.15, -0.1) is 0 Å². The lowest BCUT2D eigenvalue weighted by atomic mass is 10.3. The van der Waals surface area contributed by atoms with Crippen LogP contribution in [0.2, 0.25) is 0 Å². The summed E-state index contributed by atoms with van der Waals surface area (Å²) in [5.74, 6) is 0.308. The lowest BCUT2D eigenvalue weighted by molar-refractivity contribution is -0.134. The summed E-state index contributed by atoms with van der Waals surface area (Å²) in [5.41, 5.74) is 5.68. The Morgan fingerprint density at radius 2 is 2.00 bits per heavy atom. The van der Waals surface area contributed by atoms with E-state index in [9.17, 15) is 13.2 Å². The average molecular weight is 264 g/mol. The van der Waals surface area contributed by atoms with E-state index >= 15 is 0 Å². The molecular formula is C9H11F3N4S. The first-order valence-electron chi connectivity index (χ1n) is 4.81. The minimum atomic E-state index is -4.14. The number of hydrogen-bond donors (Lipinski definition) is 2. The van der Waals surface area contributed by atoms with Crippen molar-refractivity contribution in [2.45, 2.75) is 19.0 Å². The Kier molecular flexibility index (Phi) is 4.62. The van der Waals surface area contributed by atoms with Crippen LogP contribution in [0.4, 0.5) is 19.0 Å². The zero-order chi connectivity index (χ0) is 12.9. The summed E-state index contributed by atoms with van der Waals surface area (Å²) in [5, 5.41) is 2.73. The zero-order valence-corrected chi connectivity index (χ0v) is 9.61. The number of alkyl halides is 3. The quantitative estimate of drug-likeness (QED) is 0.628. The summed E-state index contributed by atoms with van der Waals surface area (Å²) in [6.07, 6.45) is -2.21. The minimum Gasteiger partial charge on any atom is -0.388 e. The molecule has 0 saturated carbocycles. The second kappa shape index (κ2) is 5.76. The monoisotopic (exact) mass is 264 g/mol. The summed E-state index contributed by atoms with van der Waals surface area (Å²) in [4.78, 5) is 7.86. The molecule has 1 aromatic rings. The standard InChI is InChI=1S/C9H11F3N4S/c10-9(11,12)2-1-3-15-8-6(7(13)17)14-4-5-16-8/h4-5H,1-3H2,(H2,13,17)(H,15,16). The highest BCUT2D eigenvalue weighted by molar-refractivity contribution is 7.80. The van der Waals surface area contributed by atoms with Gasteiger partial charge in [-0.1, -0.05) is 12.2 Å². The number of hydrogen-bond acceptors (Lipinski definition) is 4. The number of nitrogens with zero attached hydrogens (tertiary/aromatic N) is 2. The molecular weight excluding hydrogens is 253 g/mol. The molecule has 0 aliphatic rings. The molecule has 0 bridgehead atoms. The third-order valence-electron chi connectivity index (χ3n) is 1.86. The van der Waals surface area contributed by atoms with Crippen LogP contribution in [-0.4, -0.2) is 27.7 Å². The Hall–Kier alpha value is -1.44. The molecule has 3 N–H and O–H groups in total. The normalized spacial score (nSPS) is 11.2. The Morgan fingerprint density at radius 1 is 1.35 bits per heavy atom. The van der Waals surface area contributed by atoms with Crippen LogP contribution in [0.5, 0.6) is 0 Å². The molecule has 94 valence electrons. The Morgan fingerprint density at radius 3 is 2.59 bits per heavy atom. The lowest BCUT2D eigenvalue weighted by Gasteiger charge is -2.09. The number of rotatable bonds is 5. The number of thiocarbonyl (C=S) groups is 1. The van der Waals surface area contributed by atoms with Crippen molar-refractivity contribution in [2.75, 3.05) is 11.9 Å². The van der Waals surface area contributed by atoms with Gasteiger partial charge >= 0.3 is 6.18 Å². The Bertz CT molecular complexity index is 394. The molecule has 0 fully saturated rings. The molecule has 0 aliphatic heterocycles. The van der Waals surface area contributed by atoms with Gasteiger partial charge in [-0.2, -0.15) is 13.2 Å². The van der Waals surface area contributed by atoms with E-state index < -0.39 is 12.6 Å². The van der Waals surface area contributed by atoms with Gasteiger partial charge < -0.3 is 11.1 Å². The van der Waals surface area contributed by atoms with E-state index in [-0.39, 0.29) is 23.6 Å². The molecule has 4 nitrogen and oxygen atoms in total. The number of halogens is 3. The number of nitrogens with one attached hydrogen (secondary N) is 1. The summed E-state index contributed by atoms with van der Waals surface area (Å²) >= 11 is 4.74. The summed E-state index contributed by atoms with van der Waals surface area (Å²) < 4.78 is 35.7. The van der Waals surface area contributed by atoms with E-state index in [1.807, 2.05) is 0 Å². The second-order valence-corrected chi connectivity index (χ2v) is 3.70. The summed E-state index contributed by atoms with van der Waals surface area (Å²) in [6, 6.07) is 0. The van der Waals surface area contributed by atoms with Crippen molar-refractivity contribution in [1.82, 2.24) is 9.97 Å². The fourth-order valence-electron chi connectivity index (χ4n) is 1.14. The number of anilines is 1. The molecule has 1 aromatic heterocycles. The van der Waals surface area contributed by atoms with Crippen LogP contribution >= 0.6 is 12.2 Å². The van der Waals surface area contributed by atoms with Crippen LogP contribution in [0, 0.1) is 0 Å². The van der Waals surface area contributed by atoms with Gasteiger partial charge in [-0.25, -0.2) is 9.97 Å². The molecule has 0 saturated heterocycles. The van der Waals surface area contributed by atoms with Crippen LogP contribution in [0.15, 0.2) is 12.4 Å². The van der Waals surface area contributed by atoms with Crippen molar-refractivity contribution in [3.05, 3.63) is 18.1 Å². The molecule has 0 aromatic carbocycles. The van der Waals surface area contributed by atoms with Crippen LogP contribution in [-0.2, 0) is 0 Å². The van der Waals surface area contributed by atoms with Crippen molar-refractivity contribution in [3.8, 4) is 0 Å². The van der Waals surface area contributed by atoms with Crippen molar-refractivity contribution in [1.29, 1.82) is 0 Å². The first kappa shape index (κ1) is 13.6. The average Bonchev–Trinajstić information content (AvgIpc) is 2.23. The molecule has 0 amide bonds. The highest BCUT2D eigenvalue weighted by Gasteiger charge is 2.25. The topological polar surface area (TPSA) is 63.8 Å². The summed E-state index contributed by atoms with van der Waals surface area (Å²) in [7, 11) is 0. The van der Waals surface area contributed by atoms with Gasteiger partial charge in [-0.05, 0) is 6.42 Å². The fraction of sp³-hybridized carbons (Fsp3) is 0.444. The first-order valence-corrected chi connectivity index (χ1v) is 5.22. The number of aromatic nitrogens is 2. The van der Waals surface area contributed by atoms with Crippen molar-refractivity contribution < 1.29 is 13.2 Å². The number of nitrogens with two attached hydrogens (primary N) is 1. The molecule has 0 spiro atoms. The largest absolute Gasteiger partial charge is 0.389 e. The third-order valence-corrected chi connectivity index (χ3v) is 2.05. The lowest BCUT2D eigenvalue weighted by Crippen LogP contribution is -2.17. The first-order chi connectivity index (χ1) is 7.90. The molecule has 0 aliphatic carbocycles. The van der Waals surface area contributed by atoms with E-state index in [4.69, 9.17) is 18.0 Å². The van der Waals surface area contributed by atoms with E-state index in [1.165, 1.54) is 12.4 Å². The van der Waals surface area contributed by atoms with E-state index in [0.717, 1.165) is 0 Å². The zero-order valence-electron chi connectivity index (χ0n) is 8.79. The van der Waals surface area contributed by atoms with Gasteiger partial charge in [0, 0.05) is 25.4 Å². The molecule has 8 heteroatoms. The summed E-state index contributed by atoms with van der Waals surface area (Å²) in [6.45, 7) is 0.133. The maximum absolute atomic E-state index is 11.9. The maximum atomic E-state index is 11.9. The molecule has 0 radical (unpaired) electrons. The van der Waals surface area contributed by atoms with Gasteiger partial charge in [0.05, 0.1) is 0 Å². The van der Waals surface area contributed by atoms with E-state index in [0.29, 0.717) is 5.82 Å². The predicted molar refractivity (Wildman–Crippen MR) is 61.7 cm³/mol. The smallest absolute Gasteiger partial charge is 0.388 e. The van der Waals surface area contributed by atoms with Gasteiger partial charge in [0.1, 0.15) is 10.7 Å². The Balaban J connectivity index is 2.49. The van der Waals surface area contributed by atoms with Crippen molar-refractivity contribution >= 4 is 23.0 Å². The molecule has 0 unspecified atom stereocenters. The van der Waals surface area contributed by atoms with E-state index in [2.05, 4.69) is 15.3 Å². The van der Waals surface area contributed by atoms with Crippen molar-refractivity contribution in [2.24, 2.45) is 5.73 Å². The highest BCUT2D eigenvalue weighted by atomic mass is 32.1. The van der Waals surface area contributed by atoms with E-state index in [1.54, 1.807) is 0 Å². The van der Waals surface area contributed by atoms with Gasteiger partial charge in [-0.3, -0.25) is 0 Å². The maximum Gasteiger partial charge on any atom is 0.389 e. The van der Waals surface area contributed by atoms with Crippen LogP contribution in [0.3, 0.4) is 0 Å². The van der Waals surface area contributed by atoms with Crippen LogP contribution in [0.1, 0.15) is 18.5 Å². The Labute approximate surface area is 101 Å². The predicted octanol–water partition coefficient (Wildman–Crippen LogP) is 1.87.